The van der Waals surface area contributed by atoms with Gasteiger partial charge >= 0.3 is 0 Å². The maximum Gasteiger partial charge on any atom is 0.0215 e. The molecule has 0 saturated carbocycles. The van der Waals surface area contributed by atoms with Crippen molar-refractivity contribution in [3.8, 4) is 11.1 Å². The molecule has 3 rings (SSSR count). The minimum absolute atomic E-state index is 0.190. The van der Waals surface area contributed by atoms with Gasteiger partial charge in [-0.3, -0.25) is 0 Å². The van der Waals surface area contributed by atoms with E-state index in [0.29, 0.717) is 0 Å². The van der Waals surface area contributed by atoms with Gasteiger partial charge in [-0.05, 0) is 59.4 Å². The monoisotopic (exact) mass is 388 g/mol. The van der Waals surface area contributed by atoms with E-state index >= 15 is 0 Å². The van der Waals surface area contributed by atoms with Crippen LogP contribution < -0.4 is 0 Å². The minimum Gasteiger partial charge on any atom is -0.0654 e. The zero-order valence-corrected chi connectivity index (χ0v) is 18.9. The van der Waals surface area contributed by atoms with E-state index in [0.717, 1.165) is 0 Å². The zero-order chi connectivity index (χ0) is 20.4. The summed E-state index contributed by atoms with van der Waals surface area (Å²) in [5, 5.41) is 0. The molecule has 2 aromatic carbocycles. The molecule has 0 N–H and O–H groups in total. The van der Waals surface area contributed by atoms with Gasteiger partial charge < -0.3 is 0 Å². The topological polar surface area (TPSA) is 0 Å². The van der Waals surface area contributed by atoms with E-state index in [1.54, 1.807) is 0 Å². The van der Waals surface area contributed by atoms with Crippen LogP contribution in [0.3, 0.4) is 0 Å². The second kappa shape index (κ2) is 11.6. The fourth-order valence-corrected chi connectivity index (χ4v) is 5.35. The first-order valence-corrected chi connectivity index (χ1v) is 12.3. The summed E-state index contributed by atoms with van der Waals surface area (Å²) in [6, 6.07) is 20.2. The molecule has 0 unspecified atom stereocenters. The third-order valence-corrected chi connectivity index (χ3v) is 6.96. The lowest BCUT2D eigenvalue weighted by Gasteiger charge is -2.32. The number of rotatable bonds is 14. The molecule has 0 heterocycles. The molecule has 0 aliphatic heterocycles. The van der Waals surface area contributed by atoms with Crippen molar-refractivity contribution in [1.82, 2.24) is 0 Å². The first-order valence-electron chi connectivity index (χ1n) is 12.3. The molecule has 0 aromatic heterocycles. The Kier molecular flexibility index (Phi) is 8.84. The summed E-state index contributed by atoms with van der Waals surface area (Å²) < 4.78 is 0. The normalized spacial score (nSPS) is 14.0. The molecule has 2 radical (unpaired) electrons. The fraction of sp³-hybridized carbons (Fsp3) is 0.586. The van der Waals surface area contributed by atoms with Gasteiger partial charge in [0.2, 0.25) is 0 Å². The van der Waals surface area contributed by atoms with Crippen LogP contribution in [0.5, 0.6) is 0 Å². The lowest BCUT2D eigenvalue weighted by molar-refractivity contribution is 0.398. The van der Waals surface area contributed by atoms with Crippen LogP contribution in [0.15, 0.2) is 36.4 Å². The summed E-state index contributed by atoms with van der Waals surface area (Å²) in [4.78, 5) is 0. The average molecular weight is 389 g/mol. The Labute approximate surface area is 180 Å². The van der Waals surface area contributed by atoms with Crippen LogP contribution in [-0.4, -0.2) is 0 Å². The molecule has 0 amide bonds. The van der Waals surface area contributed by atoms with Crippen LogP contribution in [0.4, 0.5) is 0 Å². The molecule has 0 spiro atoms. The maximum atomic E-state index is 3.41. The van der Waals surface area contributed by atoms with Crippen LogP contribution in [-0.2, 0) is 5.41 Å². The second-order valence-electron chi connectivity index (χ2n) is 9.06. The van der Waals surface area contributed by atoms with Gasteiger partial charge in [-0.25, -0.2) is 0 Å². The lowest BCUT2D eigenvalue weighted by atomic mass is 9.70. The van der Waals surface area contributed by atoms with E-state index < -0.39 is 0 Å². The van der Waals surface area contributed by atoms with Gasteiger partial charge in [0.25, 0.3) is 0 Å². The Hall–Kier alpha value is -1.56. The number of benzene rings is 2. The summed E-state index contributed by atoms with van der Waals surface area (Å²) in [6.45, 7) is 4.60. The summed E-state index contributed by atoms with van der Waals surface area (Å²) in [7, 11) is 0. The highest BCUT2D eigenvalue weighted by Crippen LogP contribution is 2.53. The van der Waals surface area contributed by atoms with E-state index in [9.17, 15) is 0 Å². The Morgan fingerprint density at radius 1 is 0.586 bits per heavy atom. The van der Waals surface area contributed by atoms with Crippen molar-refractivity contribution in [1.29, 1.82) is 0 Å². The molecule has 1 aliphatic carbocycles. The first kappa shape index (κ1) is 22.1. The average Bonchev–Trinajstić information content (AvgIpc) is 3.04. The van der Waals surface area contributed by atoms with E-state index in [-0.39, 0.29) is 5.41 Å². The van der Waals surface area contributed by atoms with E-state index in [2.05, 4.69) is 62.4 Å². The maximum absolute atomic E-state index is 3.41. The fourth-order valence-electron chi connectivity index (χ4n) is 5.35. The highest BCUT2D eigenvalue weighted by Gasteiger charge is 2.41. The van der Waals surface area contributed by atoms with Crippen LogP contribution >= 0.6 is 0 Å². The van der Waals surface area contributed by atoms with Crippen LogP contribution in [0.1, 0.15) is 115 Å². The quantitative estimate of drug-likeness (QED) is 0.283. The van der Waals surface area contributed by atoms with Gasteiger partial charge in [0, 0.05) is 5.41 Å². The summed E-state index contributed by atoms with van der Waals surface area (Å²) in [5.74, 6) is 0. The number of fused-ring (bicyclic) bond motifs is 3. The summed E-state index contributed by atoms with van der Waals surface area (Å²) in [5.41, 5.74) is 6.17. The van der Waals surface area contributed by atoms with Crippen molar-refractivity contribution in [2.45, 2.75) is 109 Å². The van der Waals surface area contributed by atoms with Crippen molar-refractivity contribution in [3.05, 3.63) is 59.7 Å². The Morgan fingerprint density at radius 3 is 1.45 bits per heavy atom. The highest BCUT2D eigenvalue weighted by atomic mass is 14.4. The molecule has 29 heavy (non-hydrogen) atoms. The molecule has 1 aliphatic rings. The molecule has 2 aromatic rings. The molecule has 0 heteroatoms. The molecular formula is C29H40. The third kappa shape index (κ3) is 5.33. The molecule has 0 fully saturated rings. The van der Waals surface area contributed by atoms with Crippen molar-refractivity contribution in [3.63, 3.8) is 0 Å². The highest BCUT2D eigenvalue weighted by molar-refractivity contribution is 5.80. The minimum atomic E-state index is 0.190. The van der Waals surface area contributed by atoms with Gasteiger partial charge in [-0.2, -0.15) is 0 Å². The standard InChI is InChI=1S/C29H40/c1-3-5-7-9-11-17-23-29(24-18-12-10-8-6-4-2)27-21-15-13-19-25(27)26-20-14-16-22-28(26)29/h13-14,19-22H,3-12,17-18,23-24H2,1-2H3. The lowest BCUT2D eigenvalue weighted by Crippen LogP contribution is -2.25. The molecule has 0 nitrogen and oxygen atoms in total. The predicted octanol–water partition coefficient (Wildman–Crippen LogP) is 9.05. The van der Waals surface area contributed by atoms with Crippen molar-refractivity contribution >= 4 is 0 Å². The van der Waals surface area contributed by atoms with Gasteiger partial charge in [0.05, 0.1) is 0 Å². The SMILES string of the molecule is CCCCCCCCC1(CCCCCCCC)c2c[c]ccc2-c2cc[c]cc21. The van der Waals surface area contributed by atoms with Gasteiger partial charge in [0.15, 0.2) is 0 Å². The second-order valence-corrected chi connectivity index (χ2v) is 9.06. The Bertz CT molecular complexity index is 663. The van der Waals surface area contributed by atoms with Crippen molar-refractivity contribution in [2.24, 2.45) is 0 Å². The predicted molar refractivity (Wildman–Crippen MR) is 126 cm³/mol. The Balaban J connectivity index is 1.75. The summed E-state index contributed by atoms with van der Waals surface area (Å²) >= 11 is 0. The van der Waals surface area contributed by atoms with Crippen molar-refractivity contribution < 1.29 is 0 Å². The van der Waals surface area contributed by atoms with Crippen LogP contribution in [0.25, 0.3) is 11.1 Å². The molecule has 156 valence electrons. The number of hydrogen-bond donors (Lipinski definition) is 0. The van der Waals surface area contributed by atoms with Crippen LogP contribution in [0.2, 0.25) is 0 Å². The van der Waals surface area contributed by atoms with Gasteiger partial charge in [-0.15, -0.1) is 0 Å². The molecule has 0 atom stereocenters. The Morgan fingerprint density at radius 2 is 1.00 bits per heavy atom. The molecular weight excluding hydrogens is 348 g/mol. The van der Waals surface area contributed by atoms with Crippen LogP contribution in [0, 0.1) is 12.1 Å². The first-order chi connectivity index (χ1) is 14.3. The largest absolute Gasteiger partial charge is 0.0654 e. The van der Waals surface area contributed by atoms with E-state index in [1.807, 2.05) is 0 Å². The molecule has 0 bridgehead atoms. The summed E-state index contributed by atoms with van der Waals surface area (Å²) in [6.07, 6.45) is 19.0. The smallest absolute Gasteiger partial charge is 0.0215 e. The van der Waals surface area contributed by atoms with Crippen molar-refractivity contribution in [2.75, 3.05) is 0 Å². The third-order valence-electron chi connectivity index (χ3n) is 6.96. The number of hydrogen-bond acceptors (Lipinski definition) is 0. The van der Waals surface area contributed by atoms with E-state index in [1.165, 1.54) is 112 Å². The zero-order valence-electron chi connectivity index (χ0n) is 18.9. The number of unbranched alkanes of at least 4 members (excludes halogenated alkanes) is 10. The van der Waals surface area contributed by atoms with Gasteiger partial charge in [-0.1, -0.05) is 115 Å². The molecule has 0 saturated heterocycles. The van der Waals surface area contributed by atoms with E-state index in [4.69, 9.17) is 0 Å². The van der Waals surface area contributed by atoms with Gasteiger partial charge in [0.1, 0.15) is 0 Å².